The third-order valence-electron chi connectivity index (χ3n) is 5.00. The lowest BCUT2D eigenvalue weighted by molar-refractivity contribution is 0.508. The molecule has 0 aromatic rings. The summed E-state index contributed by atoms with van der Waals surface area (Å²) in [7, 11) is 0.472. The van der Waals surface area contributed by atoms with Crippen LogP contribution >= 0.6 is 7.92 Å². The van der Waals surface area contributed by atoms with E-state index in [0.29, 0.717) is 7.92 Å². The molecular weight excluding hydrogens is 199 g/mol. The van der Waals surface area contributed by atoms with Crippen molar-refractivity contribution in [3.8, 4) is 0 Å². The number of hydrogen-bond acceptors (Lipinski definition) is 0. The van der Waals surface area contributed by atoms with Crippen LogP contribution in [0.15, 0.2) is 0 Å². The molecule has 0 amide bonds. The zero-order valence-corrected chi connectivity index (χ0v) is 10.9. The Morgan fingerprint density at radius 1 is 0.467 bits per heavy atom. The van der Waals surface area contributed by atoms with Crippen LogP contribution in [0, 0.1) is 0 Å². The van der Waals surface area contributed by atoms with Gasteiger partial charge in [0.2, 0.25) is 0 Å². The van der Waals surface area contributed by atoms with Gasteiger partial charge in [-0.05, 0) is 55.5 Å². The van der Waals surface area contributed by atoms with E-state index in [1.54, 1.807) is 64.2 Å². The van der Waals surface area contributed by atoms with Crippen molar-refractivity contribution in [3.63, 3.8) is 0 Å². The highest BCUT2D eigenvalue weighted by atomic mass is 31.1. The molecule has 2 unspecified atom stereocenters. The molecule has 2 saturated heterocycles. The van der Waals surface area contributed by atoms with Crippen LogP contribution in [-0.2, 0) is 0 Å². The largest absolute Gasteiger partial charge is 0.0971 e. The van der Waals surface area contributed by atoms with Crippen molar-refractivity contribution in [3.05, 3.63) is 0 Å². The molecule has 0 aromatic heterocycles. The van der Waals surface area contributed by atoms with E-state index in [-0.39, 0.29) is 0 Å². The highest BCUT2D eigenvalue weighted by Gasteiger charge is 2.40. The first-order valence-corrected chi connectivity index (χ1v) is 8.77. The Bertz CT molecular complexity index is 193. The van der Waals surface area contributed by atoms with Crippen molar-refractivity contribution in [1.82, 2.24) is 0 Å². The van der Waals surface area contributed by atoms with Crippen LogP contribution in [0.1, 0.15) is 70.6 Å². The molecule has 2 bridgehead atoms. The summed E-state index contributed by atoms with van der Waals surface area (Å²) in [6.45, 7) is 0. The van der Waals surface area contributed by atoms with E-state index in [4.69, 9.17) is 0 Å². The quantitative estimate of drug-likeness (QED) is 0.555. The van der Waals surface area contributed by atoms with Gasteiger partial charge in [-0.25, -0.2) is 0 Å². The van der Waals surface area contributed by atoms with Gasteiger partial charge in [0.1, 0.15) is 0 Å². The average Bonchev–Trinajstić information content (AvgIpc) is 2.53. The summed E-state index contributed by atoms with van der Waals surface area (Å²) in [5.74, 6) is 0. The molecule has 1 heteroatoms. The number of fused-ring (bicyclic) bond motifs is 2. The molecule has 2 heterocycles. The van der Waals surface area contributed by atoms with Gasteiger partial charge in [0.25, 0.3) is 0 Å². The first kappa shape index (κ1) is 10.6. The minimum atomic E-state index is 0.472. The van der Waals surface area contributed by atoms with Gasteiger partial charge in [0.15, 0.2) is 0 Å². The Morgan fingerprint density at radius 2 is 0.867 bits per heavy atom. The molecule has 0 spiro atoms. The second-order valence-corrected chi connectivity index (χ2v) is 8.99. The summed E-state index contributed by atoms with van der Waals surface area (Å²) in [6.07, 6.45) is 17.5. The second-order valence-electron chi connectivity index (χ2n) is 5.91. The van der Waals surface area contributed by atoms with Crippen molar-refractivity contribution in [2.45, 2.75) is 87.6 Å². The molecule has 1 saturated carbocycles. The number of rotatable bonds is 1. The summed E-state index contributed by atoms with van der Waals surface area (Å²) in [6, 6.07) is 0. The van der Waals surface area contributed by atoms with E-state index in [0.717, 1.165) is 0 Å². The van der Waals surface area contributed by atoms with E-state index < -0.39 is 0 Å². The SMILES string of the molecule is C1CCC(P2C3CCCCC2CC3)CC1. The van der Waals surface area contributed by atoms with Gasteiger partial charge >= 0.3 is 0 Å². The molecule has 0 nitrogen and oxygen atoms in total. The predicted octanol–water partition coefficient (Wildman–Crippen LogP) is 4.91. The van der Waals surface area contributed by atoms with Crippen LogP contribution in [0.4, 0.5) is 0 Å². The maximum absolute atomic E-state index is 1.62. The first-order chi connectivity index (χ1) is 7.45. The molecule has 15 heavy (non-hydrogen) atoms. The van der Waals surface area contributed by atoms with Gasteiger partial charge in [-0.15, -0.1) is 0 Å². The average molecular weight is 224 g/mol. The van der Waals surface area contributed by atoms with E-state index in [2.05, 4.69) is 0 Å². The van der Waals surface area contributed by atoms with E-state index in [1.165, 1.54) is 23.4 Å². The molecule has 1 aliphatic carbocycles. The Balaban J connectivity index is 1.72. The standard InChI is InChI=1S/C14H25P/c1-2-6-12(7-3-1)15-13-8-4-5-9-14(15)11-10-13/h12-14H,1-11H2. The number of hydrogen-bond donors (Lipinski definition) is 0. The first-order valence-electron chi connectivity index (χ1n) is 7.22. The Hall–Kier alpha value is 0.430. The van der Waals surface area contributed by atoms with Crippen molar-refractivity contribution in [1.29, 1.82) is 0 Å². The van der Waals surface area contributed by atoms with Crippen molar-refractivity contribution in [2.75, 3.05) is 0 Å². The predicted molar refractivity (Wildman–Crippen MR) is 69.1 cm³/mol. The molecule has 2 aliphatic heterocycles. The van der Waals surface area contributed by atoms with Gasteiger partial charge < -0.3 is 0 Å². The van der Waals surface area contributed by atoms with Crippen LogP contribution in [-0.4, -0.2) is 17.0 Å². The summed E-state index contributed by atoms with van der Waals surface area (Å²) < 4.78 is 0. The lowest BCUT2D eigenvalue weighted by atomic mass is 10.0. The molecule has 0 N–H and O–H groups in total. The van der Waals surface area contributed by atoms with Crippen molar-refractivity contribution >= 4 is 7.92 Å². The molecule has 0 radical (unpaired) electrons. The van der Waals surface area contributed by atoms with Gasteiger partial charge in [-0.3, -0.25) is 0 Å². The fourth-order valence-electron chi connectivity index (χ4n) is 4.30. The minimum Gasteiger partial charge on any atom is -0.0971 e. The molecular formula is C14H25P. The molecule has 0 aromatic carbocycles. The fraction of sp³-hybridized carbons (Fsp3) is 1.00. The summed E-state index contributed by atoms with van der Waals surface area (Å²) >= 11 is 0. The topological polar surface area (TPSA) is 0 Å². The van der Waals surface area contributed by atoms with Crippen LogP contribution in [0.25, 0.3) is 0 Å². The smallest absolute Gasteiger partial charge is 0.0204 e. The maximum Gasteiger partial charge on any atom is -0.0204 e. The zero-order valence-electron chi connectivity index (χ0n) is 9.96. The molecule has 86 valence electrons. The summed E-state index contributed by atoms with van der Waals surface area (Å²) in [5.41, 5.74) is 3.65. The highest BCUT2D eigenvalue weighted by Crippen LogP contribution is 2.65. The minimum absolute atomic E-state index is 0.472. The van der Waals surface area contributed by atoms with Gasteiger partial charge in [0, 0.05) is 0 Å². The van der Waals surface area contributed by atoms with Crippen LogP contribution < -0.4 is 0 Å². The van der Waals surface area contributed by atoms with E-state index >= 15 is 0 Å². The molecule has 3 fully saturated rings. The molecule has 2 atom stereocenters. The third-order valence-corrected chi connectivity index (χ3v) is 9.08. The maximum atomic E-state index is 1.62. The van der Waals surface area contributed by atoms with E-state index in [9.17, 15) is 0 Å². The third kappa shape index (κ3) is 2.12. The Kier molecular flexibility index (Phi) is 3.34. The van der Waals surface area contributed by atoms with Gasteiger partial charge in [0.05, 0.1) is 0 Å². The van der Waals surface area contributed by atoms with Crippen LogP contribution in [0.3, 0.4) is 0 Å². The lowest BCUT2D eigenvalue weighted by Crippen LogP contribution is -2.18. The zero-order chi connectivity index (χ0) is 10.1. The molecule has 3 aliphatic rings. The van der Waals surface area contributed by atoms with Crippen LogP contribution in [0.5, 0.6) is 0 Å². The highest BCUT2D eigenvalue weighted by molar-refractivity contribution is 7.60. The van der Waals surface area contributed by atoms with E-state index in [1.807, 2.05) is 0 Å². The van der Waals surface area contributed by atoms with Crippen LogP contribution in [0.2, 0.25) is 0 Å². The second kappa shape index (κ2) is 4.74. The van der Waals surface area contributed by atoms with Gasteiger partial charge in [-0.1, -0.05) is 40.0 Å². The summed E-state index contributed by atoms with van der Waals surface area (Å²) in [5, 5.41) is 0. The lowest BCUT2D eigenvalue weighted by Gasteiger charge is -2.34. The Morgan fingerprint density at radius 3 is 1.40 bits per heavy atom. The molecule has 3 rings (SSSR count). The van der Waals surface area contributed by atoms with Crippen molar-refractivity contribution < 1.29 is 0 Å². The van der Waals surface area contributed by atoms with Crippen molar-refractivity contribution in [2.24, 2.45) is 0 Å². The fourth-order valence-corrected chi connectivity index (χ4v) is 8.91. The monoisotopic (exact) mass is 224 g/mol. The normalized spacial score (nSPS) is 42.8. The summed E-state index contributed by atoms with van der Waals surface area (Å²) in [4.78, 5) is 0. The van der Waals surface area contributed by atoms with Gasteiger partial charge in [-0.2, -0.15) is 0 Å². The Labute approximate surface area is 96.0 Å².